The average molecular weight is 345 g/mol. The van der Waals surface area contributed by atoms with Crippen LogP contribution in [-0.2, 0) is 6.42 Å². The van der Waals surface area contributed by atoms with Crippen molar-refractivity contribution in [1.82, 2.24) is 0 Å². The van der Waals surface area contributed by atoms with Crippen molar-refractivity contribution >= 4 is 20.7 Å². The van der Waals surface area contributed by atoms with Gasteiger partial charge in [-0.1, -0.05) is 24.3 Å². The number of para-hydroxylation sites is 1. The van der Waals surface area contributed by atoms with E-state index in [0.717, 1.165) is 22.4 Å². The third kappa shape index (κ3) is 5.28. The molecule has 0 bridgehead atoms. The number of aliphatic imine (C=N–C) groups is 1. The number of benzene rings is 2. The molecule has 4 N–H and O–H groups in total. The van der Waals surface area contributed by atoms with Crippen molar-refractivity contribution < 1.29 is 19.5 Å². The molecule has 2 aromatic carbocycles. The second kappa shape index (κ2) is 7.72. The molecule has 0 fully saturated rings. The highest BCUT2D eigenvalue weighted by Crippen LogP contribution is 2.27. The maximum Gasteiger partial charge on any atom is 0.492 e. The van der Waals surface area contributed by atoms with Crippen molar-refractivity contribution in [2.45, 2.75) is 32.7 Å². The summed E-state index contributed by atoms with van der Waals surface area (Å²) in [5.41, 5.74) is 4.62. The number of phenols is 1. The number of rotatable bonds is 6. The SMILES string of the molecule is Cc1cc(CCC[Si](O)(O)O)cc(C)c1N=Cc1ccccc1O. The molecule has 128 valence electrons. The summed E-state index contributed by atoms with van der Waals surface area (Å²) in [5, 5.41) is 9.78. The predicted octanol–water partition coefficient (Wildman–Crippen LogP) is 2.61. The normalized spacial score (nSPS) is 12.0. The lowest BCUT2D eigenvalue weighted by atomic mass is 10.0. The van der Waals surface area contributed by atoms with Gasteiger partial charge in [0.15, 0.2) is 0 Å². The molecule has 0 amide bonds. The molecule has 0 aliphatic carbocycles. The van der Waals surface area contributed by atoms with Crippen molar-refractivity contribution in [3.05, 3.63) is 58.7 Å². The number of nitrogens with zero attached hydrogens (tertiary/aromatic N) is 1. The maximum atomic E-state index is 9.78. The molecule has 0 unspecified atom stereocenters. The van der Waals surface area contributed by atoms with Gasteiger partial charge in [-0.3, -0.25) is 4.99 Å². The van der Waals surface area contributed by atoms with Gasteiger partial charge in [-0.25, -0.2) is 0 Å². The van der Waals surface area contributed by atoms with Crippen LogP contribution >= 0.6 is 0 Å². The van der Waals surface area contributed by atoms with E-state index in [-0.39, 0.29) is 11.8 Å². The molecule has 0 spiro atoms. The van der Waals surface area contributed by atoms with Crippen LogP contribution in [0.3, 0.4) is 0 Å². The first-order valence-corrected chi connectivity index (χ1v) is 9.90. The molecule has 5 nitrogen and oxygen atoms in total. The summed E-state index contributed by atoms with van der Waals surface area (Å²) in [4.78, 5) is 31.7. The van der Waals surface area contributed by atoms with Crippen molar-refractivity contribution in [2.75, 3.05) is 0 Å². The average Bonchev–Trinajstić information content (AvgIpc) is 2.47. The van der Waals surface area contributed by atoms with Gasteiger partial charge in [-0.05, 0) is 55.5 Å². The van der Waals surface area contributed by atoms with Crippen LogP contribution in [0.4, 0.5) is 5.69 Å². The first-order valence-electron chi connectivity index (χ1n) is 7.85. The molecule has 6 heteroatoms. The Morgan fingerprint density at radius 1 is 1.04 bits per heavy atom. The van der Waals surface area contributed by atoms with Gasteiger partial charge in [-0.2, -0.15) is 0 Å². The van der Waals surface area contributed by atoms with E-state index in [1.54, 1.807) is 24.4 Å². The van der Waals surface area contributed by atoms with Crippen LogP contribution in [0.5, 0.6) is 5.75 Å². The molecule has 0 aliphatic heterocycles. The lowest BCUT2D eigenvalue weighted by molar-refractivity contribution is 0.226. The van der Waals surface area contributed by atoms with Crippen LogP contribution in [0.25, 0.3) is 0 Å². The first-order chi connectivity index (χ1) is 11.3. The Kier molecular flexibility index (Phi) is 5.90. The summed E-state index contributed by atoms with van der Waals surface area (Å²) in [5.74, 6) is 0.192. The lowest BCUT2D eigenvalue weighted by Gasteiger charge is -2.11. The zero-order valence-electron chi connectivity index (χ0n) is 13.9. The number of aromatic hydroxyl groups is 1. The Morgan fingerprint density at radius 2 is 1.67 bits per heavy atom. The van der Waals surface area contributed by atoms with E-state index in [2.05, 4.69) is 4.99 Å². The Labute approximate surface area is 143 Å². The second-order valence-corrected chi connectivity index (χ2v) is 8.07. The van der Waals surface area contributed by atoms with Gasteiger partial charge in [0.2, 0.25) is 0 Å². The van der Waals surface area contributed by atoms with E-state index in [9.17, 15) is 5.11 Å². The Morgan fingerprint density at radius 3 is 2.25 bits per heavy atom. The molecule has 24 heavy (non-hydrogen) atoms. The van der Waals surface area contributed by atoms with Crippen LogP contribution < -0.4 is 0 Å². The molecule has 0 radical (unpaired) electrons. The van der Waals surface area contributed by atoms with Crippen molar-refractivity contribution in [1.29, 1.82) is 0 Å². The highest BCUT2D eigenvalue weighted by Gasteiger charge is 2.25. The van der Waals surface area contributed by atoms with Gasteiger partial charge in [-0.15, -0.1) is 0 Å². The third-order valence-corrected chi connectivity index (χ3v) is 4.82. The molecule has 0 saturated heterocycles. The monoisotopic (exact) mass is 345 g/mol. The number of hydrogen-bond donors (Lipinski definition) is 4. The fourth-order valence-electron chi connectivity index (χ4n) is 2.65. The quantitative estimate of drug-likeness (QED) is 0.478. The lowest BCUT2D eigenvalue weighted by Crippen LogP contribution is -2.34. The van der Waals surface area contributed by atoms with Gasteiger partial charge in [0.25, 0.3) is 0 Å². The molecule has 0 atom stereocenters. The summed E-state index contributed by atoms with van der Waals surface area (Å²) in [7, 11) is -3.95. The van der Waals surface area contributed by atoms with E-state index >= 15 is 0 Å². The van der Waals surface area contributed by atoms with Crippen LogP contribution in [-0.4, -0.2) is 34.5 Å². The molecule has 0 aliphatic rings. The van der Waals surface area contributed by atoms with Gasteiger partial charge >= 0.3 is 8.80 Å². The van der Waals surface area contributed by atoms with E-state index in [1.807, 2.05) is 32.0 Å². The fourth-order valence-corrected chi connectivity index (χ4v) is 3.31. The van der Waals surface area contributed by atoms with Crippen molar-refractivity contribution in [3.8, 4) is 5.75 Å². The minimum Gasteiger partial charge on any atom is -0.507 e. The van der Waals surface area contributed by atoms with E-state index in [4.69, 9.17) is 14.4 Å². The Bertz CT molecular complexity index is 715. The van der Waals surface area contributed by atoms with Crippen LogP contribution in [0.15, 0.2) is 41.4 Å². The maximum absolute atomic E-state index is 9.78. The smallest absolute Gasteiger partial charge is 0.492 e. The van der Waals surface area contributed by atoms with Crippen LogP contribution in [0.2, 0.25) is 6.04 Å². The molecule has 0 heterocycles. The number of phenolic OH excluding ortho intramolecular Hbond substituents is 1. The Balaban J connectivity index is 2.14. The van der Waals surface area contributed by atoms with Crippen LogP contribution in [0, 0.1) is 13.8 Å². The van der Waals surface area contributed by atoms with Gasteiger partial charge in [0.05, 0.1) is 5.69 Å². The Hall–Kier alpha value is -1.99. The van der Waals surface area contributed by atoms with Gasteiger partial charge < -0.3 is 19.5 Å². The summed E-state index contributed by atoms with van der Waals surface area (Å²) >= 11 is 0. The van der Waals surface area contributed by atoms with E-state index in [0.29, 0.717) is 18.4 Å². The summed E-state index contributed by atoms with van der Waals surface area (Å²) < 4.78 is 0. The zero-order valence-corrected chi connectivity index (χ0v) is 14.9. The predicted molar refractivity (Wildman–Crippen MR) is 96.8 cm³/mol. The molecule has 2 rings (SSSR count). The molecule has 0 aromatic heterocycles. The minimum atomic E-state index is -3.95. The zero-order chi connectivity index (χ0) is 17.7. The van der Waals surface area contributed by atoms with Crippen molar-refractivity contribution in [2.24, 2.45) is 4.99 Å². The third-order valence-electron chi connectivity index (χ3n) is 3.80. The second-order valence-electron chi connectivity index (χ2n) is 6.02. The highest BCUT2D eigenvalue weighted by molar-refractivity contribution is 6.56. The molecule has 0 saturated carbocycles. The summed E-state index contributed by atoms with van der Waals surface area (Å²) in [6.07, 6.45) is 2.84. The highest BCUT2D eigenvalue weighted by atomic mass is 28.4. The summed E-state index contributed by atoms with van der Waals surface area (Å²) in [6.45, 7) is 3.94. The molecule has 2 aromatic rings. The van der Waals surface area contributed by atoms with Gasteiger partial charge in [0, 0.05) is 17.8 Å². The van der Waals surface area contributed by atoms with Crippen molar-refractivity contribution in [3.63, 3.8) is 0 Å². The number of hydrogen-bond acceptors (Lipinski definition) is 5. The largest absolute Gasteiger partial charge is 0.507 e. The number of aryl methyl sites for hydroxylation is 3. The molecular weight excluding hydrogens is 322 g/mol. The van der Waals surface area contributed by atoms with E-state index in [1.165, 1.54) is 0 Å². The van der Waals surface area contributed by atoms with E-state index < -0.39 is 8.80 Å². The standard InChI is InChI=1S/C18H23NO4Si/c1-13-10-15(6-5-9-24(21,22)23)11-14(2)18(13)19-12-16-7-3-4-8-17(16)20/h3-4,7-8,10-12,20-23H,5-6,9H2,1-2H3. The van der Waals surface area contributed by atoms with Gasteiger partial charge in [0.1, 0.15) is 5.75 Å². The fraction of sp³-hybridized carbons (Fsp3) is 0.278. The van der Waals surface area contributed by atoms with Crippen LogP contribution in [0.1, 0.15) is 28.7 Å². The minimum absolute atomic E-state index is 0.0400. The first kappa shape index (κ1) is 18.3. The summed E-state index contributed by atoms with van der Waals surface area (Å²) in [6, 6.07) is 11.1. The molecular formula is C18H23NO4Si. The topological polar surface area (TPSA) is 93.3 Å².